The van der Waals surface area contributed by atoms with E-state index in [0.29, 0.717) is 17.5 Å². The largest absolute Gasteiger partial charge is 0.207 e. The van der Waals surface area contributed by atoms with Gasteiger partial charge >= 0.3 is 0 Å². The van der Waals surface area contributed by atoms with Crippen LogP contribution in [0.5, 0.6) is 0 Å². The van der Waals surface area contributed by atoms with E-state index in [2.05, 4.69) is 37.3 Å². The molecule has 0 spiro atoms. The number of halogens is 2. The molecular weight excluding hydrogens is 338 g/mol. The zero-order valence-electron chi connectivity index (χ0n) is 15.4. The minimum Gasteiger partial charge on any atom is -0.207 e. The zero-order chi connectivity index (χ0) is 18.8. The van der Waals surface area contributed by atoms with E-state index in [1.165, 1.54) is 28.8 Å². The van der Waals surface area contributed by atoms with Gasteiger partial charge in [0.1, 0.15) is 11.6 Å². The molecule has 0 unspecified atom stereocenters. The summed E-state index contributed by atoms with van der Waals surface area (Å²) in [5.41, 5.74) is 6.85. The van der Waals surface area contributed by atoms with Crippen LogP contribution in [0.25, 0.3) is 16.7 Å². The molecular formula is C25H22F2. The van der Waals surface area contributed by atoms with E-state index in [0.717, 1.165) is 30.4 Å². The average molecular weight is 360 g/mol. The predicted octanol–water partition coefficient (Wildman–Crippen LogP) is 6.77. The molecule has 0 bridgehead atoms. The minimum atomic E-state index is -0.311. The van der Waals surface area contributed by atoms with Gasteiger partial charge in [-0.15, -0.1) is 0 Å². The first-order valence-corrected chi connectivity index (χ1v) is 9.50. The quantitative estimate of drug-likeness (QED) is 0.482. The molecule has 4 rings (SSSR count). The van der Waals surface area contributed by atoms with Gasteiger partial charge in [0.25, 0.3) is 0 Å². The summed E-state index contributed by atoms with van der Waals surface area (Å²) in [7, 11) is 0. The zero-order valence-corrected chi connectivity index (χ0v) is 15.4. The highest BCUT2D eigenvalue weighted by atomic mass is 19.1. The first-order chi connectivity index (χ1) is 13.2. The average Bonchev–Trinajstić information content (AvgIpc) is 2.70. The molecule has 1 aliphatic carbocycles. The lowest BCUT2D eigenvalue weighted by molar-refractivity contribution is 0.614. The smallest absolute Gasteiger partial charge is 0.134 e. The van der Waals surface area contributed by atoms with Gasteiger partial charge in [-0.25, -0.2) is 8.78 Å². The molecule has 136 valence electrons. The summed E-state index contributed by atoms with van der Waals surface area (Å²) < 4.78 is 28.2. The van der Waals surface area contributed by atoms with Gasteiger partial charge in [-0.1, -0.05) is 68.0 Å². The Morgan fingerprint density at radius 3 is 2.22 bits per heavy atom. The Labute approximate surface area is 159 Å². The van der Waals surface area contributed by atoms with E-state index < -0.39 is 0 Å². The molecule has 0 fully saturated rings. The number of benzene rings is 3. The molecule has 0 amide bonds. The van der Waals surface area contributed by atoms with Gasteiger partial charge in [0, 0.05) is 5.56 Å². The Morgan fingerprint density at radius 2 is 1.52 bits per heavy atom. The summed E-state index contributed by atoms with van der Waals surface area (Å²) in [4.78, 5) is 0. The van der Waals surface area contributed by atoms with E-state index in [-0.39, 0.29) is 11.6 Å². The standard InChI is InChI=1S/C25H22F2/c1-2-3-17-4-6-18(7-5-17)20-10-14-24-21(16-20)11-15-23(25(24)27)19-8-12-22(26)13-9-19/h4-13,15H,2-3,14,16H2,1H3. The lowest BCUT2D eigenvalue weighted by Crippen LogP contribution is -2.06. The van der Waals surface area contributed by atoms with Gasteiger partial charge in [-0.2, -0.15) is 0 Å². The Kier molecular flexibility index (Phi) is 4.89. The van der Waals surface area contributed by atoms with Gasteiger partial charge in [-0.3, -0.25) is 0 Å². The second-order valence-electron chi connectivity index (χ2n) is 7.13. The Morgan fingerprint density at radius 1 is 0.815 bits per heavy atom. The third-order valence-corrected chi connectivity index (χ3v) is 5.29. The van der Waals surface area contributed by atoms with Crippen LogP contribution in [0.1, 0.15) is 35.6 Å². The molecule has 1 aliphatic rings. The Bertz CT molecular complexity index is 980. The van der Waals surface area contributed by atoms with E-state index in [9.17, 15) is 4.39 Å². The topological polar surface area (TPSA) is 0 Å². The van der Waals surface area contributed by atoms with Crippen LogP contribution < -0.4 is 0 Å². The lowest BCUT2D eigenvalue weighted by Gasteiger charge is -2.20. The normalized spacial score (nSPS) is 13.2. The van der Waals surface area contributed by atoms with Gasteiger partial charge in [0.15, 0.2) is 0 Å². The van der Waals surface area contributed by atoms with Crippen LogP contribution in [0, 0.1) is 11.6 Å². The number of fused-ring (bicyclic) bond motifs is 1. The SMILES string of the molecule is CCCc1ccc(C2=CCc3c(ccc(-c4ccc(F)cc4)c3F)C2)cc1. The van der Waals surface area contributed by atoms with Crippen molar-refractivity contribution >= 4 is 5.57 Å². The van der Waals surface area contributed by atoms with Gasteiger partial charge < -0.3 is 0 Å². The highest BCUT2D eigenvalue weighted by molar-refractivity contribution is 5.73. The first kappa shape index (κ1) is 17.7. The third kappa shape index (κ3) is 3.57. The highest BCUT2D eigenvalue weighted by Gasteiger charge is 2.19. The summed E-state index contributed by atoms with van der Waals surface area (Å²) in [6.45, 7) is 2.18. The van der Waals surface area contributed by atoms with Crippen LogP contribution >= 0.6 is 0 Å². The second kappa shape index (κ2) is 7.48. The number of hydrogen-bond donors (Lipinski definition) is 0. The highest BCUT2D eigenvalue weighted by Crippen LogP contribution is 2.34. The van der Waals surface area contributed by atoms with Crippen LogP contribution in [-0.2, 0) is 19.3 Å². The lowest BCUT2D eigenvalue weighted by atomic mass is 9.85. The predicted molar refractivity (Wildman–Crippen MR) is 108 cm³/mol. The van der Waals surface area contributed by atoms with Crippen molar-refractivity contribution in [3.05, 3.63) is 101 Å². The molecule has 0 radical (unpaired) electrons. The van der Waals surface area contributed by atoms with Gasteiger partial charge in [-0.05, 0) is 64.8 Å². The monoisotopic (exact) mass is 360 g/mol. The van der Waals surface area contributed by atoms with Crippen molar-refractivity contribution in [2.24, 2.45) is 0 Å². The first-order valence-electron chi connectivity index (χ1n) is 9.50. The number of rotatable bonds is 4. The van der Waals surface area contributed by atoms with Crippen molar-refractivity contribution in [1.29, 1.82) is 0 Å². The van der Waals surface area contributed by atoms with Crippen molar-refractivity contribution in [2.75, 3.05) is 0 Å². The molecule has 2 heteroatoms. The molecule has 0 atom stereocenters. The van der Waals surface area contributed by atoms with Gasteiger partial charge in [0.2, 0.25) is 0 Å². The molecule has 0 aliphatic heterocycles. The summed E-state index contributed by atoms with van der Waals surface area (Å²) >= 11 is 0. The van der Waals surface area contributed by atoms with Crippen molar-refractivity contribution in [3.63, 3.8) is 0 Å². The summed E-state index contributed by atoms with van der Waals surface area (Å²) in [5, 5.41) is 0. The maximum atomic E-state index is 15.1. The minimum absolute atomic E-state index is 0.187. The van der Waals surface area contributed by atoms with Gasteiger partial charge in [0.05, 0.1) is 0 Å². The van der Waals surface area contributed by atoms with E-state index >= 15 is 4.39 Å². The fraction of sp³-hybridized carbons (Fsp3) is 0.200. The molecule has 27 heavy (non-hydrogen) atoms. The number of aryl methyl sites for hydroxylation is 1. The molecule has 0 saturated carbocycles. The van der Waals surface area contributed by atoms with Crippen LogP contribution in [-0.4, -0.2) is 0 Å². The maximum Gasteiger partial charge on any atom is 0.134 e. The number of allylic oxidation sites excluding steroid dienone is 2. The molecule has 3 aromatic rings. The third-order valence-electron chi connectivity index (χ3n) is 5.29. The van der Waals surface area contributed by atoms with Crippen LogP contribution in [0.15, 0.2) is 66.7 Å². The van der Waals surface area contributed by atoms with E-state index in [4.69, 9.17) is 0 Å². The summed E-state index contributed by atoms with van der Waals surface area (Å²) in [5.74, 6) is -0.498. The molecule has 0 aromatic heterocycles. The van der Waals surface area contributed by atoms with Crippen molar-refractivity contribution in [2.45, 2.75) is 32.6 Å². The van der Waals surface area contributed by atoms with Crippen LogP contribution in [0.2, 0.25) is 0 Å². The maximum absolute atomic E-state index is 15.1. The van der Waals surface area contributed by atoms with E-state index in [1.807, 2.05) is 12.1 Å². The second-order valence-corrected chi connectivity index (χ2v) is 7.13. The Balaban J connectivity index is 1.61. The van der Waals surface area contributed by atoms with Crippen molar-refractivity contribution in [3.8, 4) is 11.1 Å². The molecule has 3 aromatic carbocycles. The summed E-state index contributed by atoms with van der Waals surface area (Å²) in [6, 6.07) is 18.5. The number of hydrogen-bond acceptors (Lipinski definition) is 0. The van der Waals surface area contributed by atoms with Crippen LogP contribution in [0.3, 0.4) is 0 Å². The van der Waals surface area contributed by atoms with Crippen molar-refractivity contribution in [1.82, 2.24) is 0 Å². The Hall–Kier alpha value is -2.74. The molecule has 0 heterocycles. The van der Waals surface area contributed by atoms with Crippen molar-refractivity contribution < 1.29 is 8.78 Å². The summed E-state index contributed by atoms with van der Waals surface area (Å²) in [6.07, 6.45) is 5.70. The molecule has 0 nitrogen and oxygen atoms in total. The fourth-order valence-corrected chi connectivity index (χ4v) is 3.80. The molecule has 0 saturated heterocycles. The molecule has 0 N–H and O–H groups in total. The van der Waals surface area contributed by atoms with Crippen LogP contribution in [0.4, 0.5) is 8.78 Å². The van der Waals surface area contributed by atoms with E-state index in [1.54, 1.807) is 12.1 Å². The fourth-order valence-electron chi connectivity index (χ4n) is 3.80.